The highest BCUT2D eigenvalue weighted by Crippen LogP contribution is 2.41. The number of hydrogen-bond acceptors (Lipinski definition) is 1. The van der Waals surface area contributed by atoms with Crippen molar-refractivity contribution < 1.29 is 4.74 Å². The second kappa shape index (κ2) is 5.35. The van der Waals surface area contributed by atoms with E-state index >= 15 is 0 Å². The summed E-state index contributed by atoms with van der Waals surface area (Å²) in [6.45, 7) is 5.44. The van der Waals surface area contributed by atoms with Gasteiger partial charge in [-0.3, -0.25) is 0 Å². The normalized spacial score (nSPS) is 33.9. The predicted octanol–water partition coefficient (Wildman–Crippen LogP) is 3.76. The number of unbranched alkanes of at least 4 members (excludes halogenated alkanes) is 2. The largest absolute Gasteiger partial charge is 0.378 e. The highest BCUT2D eigenvalue weighted by atomic mass is 79.9. The van der Waals surface area contributed by atoms with Crippen LogP contribution in [0.15, 0.2) is 0 Å². The smallest absolute Gasteiger partial charge is 0.0612 e. The molecule has 1 fully saturated rings. The molecule has 0 aromatic carbocycles. The molecule has 2 unspecified atom stereocenters. The molecule has 0 spiro atoms. The molecule has 0 N–H and O–H groups in total. The first kappa shape index (κ1) is 11.5. The number of ether oxygens (including phenoxy) is 1. The van der Waals surface area contributed by atoms with Crippen molar-refractivity contribution in [2.75, 3.05) is 11.9 Å². The van der Waals surface area contributed by atoms with Gasteiger partial charge in [0.2, 0.25) is 0 Å². The lowest BCUT2D eigenvalue weighted by Gasteiger charge is -2.30. The summed E-state index contributed by atoms with van der Waals surface area (Å²) in [4.78, 5) is 0. The van der Waals surface area contributed by atoms with Crippen LogP contribution in [0.3, 0.4) is 0 Å². The van der Waals surface area contributed by atoms with Gasteiger partial charge in [-0.2, -0.15) is 0 Å². The number of alkyl halides is 1. The summed E-state index contributed by atoms with van der Waals surface area (Å²) in [7, 11) is 0. The maximum Gasteiger partial charge on any atom is 0.0612 e. The molecule has 2 heteroatoms. The Morgan fingerprint density at radius 3 is 2.69 bits per heavy atom. The molecule has 13 heavy (non-hydrogen) atoms. The van der Waals surface area contributed by atoms with Crippen LogP contribution in [0.5, 0.6) is 0 Å². The Morgan fingerprint density at radius 1 is 1.46 bits per heavy atom. The van der Waals surface area contributed by atoms with Crippen LogP contribution in [-0.2, 0) is 4.74 Å². The quantitative estimate of drug-likeness (QED) is 0.532. The van der Waals surface area contributed by atoms with Crippen LogP contribution in [0.4, 0.5) is 0 Å². The Hall–Kier alpha value is 0.440. The van der Waals surface area contributed by atoms with Crippen molar-refractivity contribution >= 4 is 15.9 Å². The van der Waals surface area contributed by atoms with Crippen molar-refractivity contribution in [2.24, 2.45) is 5.41 Å². The van der Waals surface area contributed by atoms with Gasteiger partial charge in [0.25, 0.3) is 0 Å². The van der Waals surface area contributed by atoms with E-state index in [4.69, 9.17) is 4.74 Å². The van der Waals surface area contributed by atoms with E-state index in [0.29, 0.717) is 11.5 Å². The van der Waals surface area contributed by atoms with Gasteiger partial charge in [-0.25, -0.2) is 0 Å². The maximum atomic E-state index is 5.66. The van der Waals surface area contributed by atoms with E-state index in [0.717, 1.165) is 11.9 Å². The van der Waals surface area contributed by atoms with Crippen molar-refractivity contribution in [3.63, 3.8) is 0 Å². The molecular formula is C11H21BrO. The molecule has 1 heterocycles. The van der Waals surface area contributed by atoms with Gasteiger partial charge in [0, 0.05) is 17.4 Å². The third kappa shape index (κ3) is 2.69. The molecule has 1 aliphatic rings. The molecule has 1 aliphatic heterocycles. The summed E-state index contributed by atoms with van der Waals surface area (Å²) in [6.07, 6.45) is 7.05. The number of rotatable bonds is 5. The Morgan fingerprint density at radius 2 is 2.23 bits per heavy atom. The molecule has 0 aliphatic carbocycles. The van der Waals surface area contributed by atoms with Crippen molar-refractivity contribution in [1.29, 1.82) is 0 Å². The standard InChI is InChI=1S/C11H21BrO/c1-3-4-5-6-11(9-12)7-8-13-10(11)2/h10H,3-9H2,1-2H3. The minimum Gasteiger partial charge on any atom is -0.378 e. The average Bonchev–Trinajstić information content (AvgIpc) is 2.49. The molecule has 1 rings (SSSR count). The first-order chi connectivity index (χ1) is 6.25. The fourth-order valence-corrected chi connectivity index (χ4v) is 3.13. The van der Waals surface area contributed by atoms with Crippen LogP contribution in [0.25, 0.3) is 0 Å². The van der Waals surface area contributed by atoms with E-state index in [1.165, 1.54) is 32.1 Å². The lowest BCUT2D eigenvalue weighted by atomic mass is 9.79. The highest BCUT2D eigenvalue weighted by molar-refractivity contribution is 9.09. The molecule has 0 amide bonds. The zero-order valence-corrected chi connectivity index (χ0v) is 10.4. The second-order valence-electron chi connectivity index (χ2n) is 4.22. The van der Waals surface area contributed by atoms with E-state index in [-0.39, 0.29) is 0 Å². The van der Waals surface area contributed by atoms with Gasteiger partial charge in [0.05, 0.1) is 6.10 Å². The van der Waals surface area contributed by atoms with Gasteiger partial charge in [0.1, 0.15) is 0 Å². The van der Waals surface area contributed by atoms with E-state index in [1.807, 2.05) is 0 Å². The van der Waals surface area contributed by atoms with Crippen molar-refractivity contribution in [3.05, 3.63) is 0 Å². The summed E-state index contributed by atoms with van der Waals surface area (Å²) in [5.41, 5.74) is 0.440. The zero-order chi connectivity index (χ0) is 9.73. The van der Waals surface area contributed by atoms with Gasteiger partial charge in [0.15, 0.2) is 0 Å². The molecule has 1 nitrogen and oxygen atoms in total. The molecule has 78 valence electrons. The van der Waals surface area contributed by atoms with Crippen LogP contribution < -0.4 is 0 Å². The highest BCUT2D eigenvalue weighted by Gasteiger charge is 2.39. The minimum absolute atomic E-state index is 0.440. The van der Waals surface area contributed by atoms with Gasteiger partial charge < -0.3 is 4.74 Å². The number of halogens is 1. The van der Waals surface area contributed by atoms with Crippen LogP contribution in [0, 0.1) is 5.41 Å². The topological polar surface area (TPSA) is 9.23 Å². The first-order valence-electron chi connectivity index (χ1n) is 5.43. The van der Waals surface area contributed by atoms with Crippen molar-refractivity contribution in [2.45, 2.75) is 52.1 Å². The number of hydrogen-bond donors (Lipinski definition) is 0. The minimum atomic E-state index is 0.440. The third-order valence-corrected chi connectivity index (χ3v) is 4.49. The monoisotopic (exact) mass is 248 g/mol. The van der Waals surface area contributed by atoms with E-state index in [1.54, 1.807) is 0 Å². The van der Waals surface area contributed by atoms with Gasteiger partial charge in [-0.1, -0.05) is 42.1 Å². The van der Waals surface area contributed by atoms with E-state index in [2.05, 4.69) is 29.8 Å². The van der Waals surface area contributed by atoms with Crippen molar-refractivity contribution in [1.82, 2.24) is 0 Å². The SMILES string of the molecule is CCCCCC1(CBr)CCOC1C. The van der Waals surface area contributed by atoms with Crippen LogP contribution in [0.2, 0.25) is 0 Å². The molecule has 2 atom stereocenters. The molecule has 0 radical (unpaired) electrons. The van der Waals surface area contributed by atoms with Crippen molar-refractivity contribution in [3.8, 4) is 0 Å². The Kier molecular flexibility index (Phi) is 4.74. The summed E-state index contributed by atoms with van der Waals surface area (Å²) in [5, 5.41) is 1.10. The summed E-state index contributed by atoms with van der Waals surface area (Å²) in [5.74, 6) is 0. The average molecular weight is 249 g/mol. The third-order valence-electron chi connectivity index (χ3n) is 3.37. The Bertz CT molecular complexity index is 149. The first-order valence-corrected chi connectivity index (χ1v) is 6.55. The van der Waals surface area contributed by atoms with Gasteiger partial charge >= 0.3 is 0 Å². The van der Waals surface area contributed by atoms with E-state index < -0.39 is 0 Å². The molecule has 1 saturated heterocycles. The van der Waals surface area contributed by atoms with Gasteiger partial charge in [-0.05, 0) is 19.8 Å². The Labute approximate surface area is 90.4 Å². The lowest BCUT2D eigenvalue weighted by molar-refractivity contribution is 0.0694. The Balaban J connectivity index is 2.39. The van der Waals surface area contributed by atoms with Crippen LogP contribution in [-0.4, -0.2) is 18.0 Å². The second-order valence-corrected chi connectivity index (χ2v) is 4.78. The summed E-state index contributed by atoms with van der Waals surface area (Å²) < 4.78 is 5.66. The molecule has 0 bridgehead atoms. The van der Waals surface area contributed by atoms with Crippen LogP contribution >= 0.6 is 15.9 Å². The molecular weight excluding hydrogens is 228 g/mol. The predicted molar refractivity (Wildman–Crippen MR) is 60.4 cm³/mol. The van der Waals surface area contributed by atoms with E-state index in [9.17, 15) is 0 Å². The van der Waals surface area contributed by atoms with Crippen LogP contribution in [0.1, 0.15) is 46.0 Å². The molecule has 0 aromatic heterocycles. The maximum absolute atomic E-state index is 5.66. The summed E-state index contributed by atoms with van der Waals surface area (Å²) >= 11 is 3.65. The molecule has 0 aromatic rings. The molecule has 0 saturated carbocycles. The fraction of sp³-hybridized carbons (Fsp3) is 1.00. The van der Waals surface area contributed by atoms with Gasteiger partial charge in [-0.15, -0.1) is 0 Å². The fourth-order valence-electron chi connectivity index (χ4n) is 2.12. The zero-order valence-electron chi connectivity index (χ0n) is 8.81. The lowest BCUT2D eigenvalue weighted by Crippen LogP contribution is -2.30. The summed E-state index contributed by atoms with van der Waals surface area (Å²) in [6, 6.07) is 0.